The van der Waals surface area contributed by atoms with Crippen LogP contribution >= 0.6 is 0 Å². The molecule has 1 aliphatic rings. The van der Waals surface area contributed by atoms with E-state index in [1.54, 1.807) is 36.4 Å². The molecule has 0 spiro atoms. The van der Waals surface area contributed by atoms with Crippen LogP contribution in [0.15, 0.2) is 83.8 Å². The van der Waals surface area contributed by atoms with Crippen LogP contribution in [0.1, 0.15) is 42.2 Å². The molecule has 1 aliphatic heterocycles. The summed E-state index contributed by atoms with van der Waals surface area (Å²) in [7, 11) is -3.74. The minimum absolute atomic E-state index is 0.158. The third-order valence-electron chi connectivity index (χ3n) is 5.11. The summed E-state index contributed by atoms with van der Waals surface area (Å²) in [5.41, 5.74) is 1.20. The van der Waals surface area contributed by atoms with E-state index < -0.39 is 15.6 Å². The van der Waals surface area contributed by atoms with Gasteiger partial charge in [0.2, 0.25) is 0 Å². The lowest BCUT2D eigenvalue weighted by atomic mass is 9.89. The lowest BCUT2D eigenvalue weighted by molar-refractivity contribution is 0.0619. The number of sulfonamides is 1. The Kier molecular flexibility index (Phi) is 5.45. The highest BCUT2D eigenvalue weighted by Gasteiger charge is 2.34. The van der Waals surface area contributed by atoms with Crippen LogP contribution in [0.3, 0.4) is 0 Å². The number of fused-ring (bicyclic) bond motifs is 1. The summed E-state index contributed by atoms with van der Waals surface area (Å²) >= 11 is 0. The van der Waals surface area contributed by atoms with E-state index in [1.807, 2.05) is 38.1 Å². The fraction of sp³-hybridized carbons (Fsp3) is 0.208. The monoisotopic (exact) mass is 436 g/mol. The van der Waals surface area contributed by atoms with E-state index in [9.17, 15) is 13.2 Å². The van der Waals surface area contributed by atoms with Crippen molar-refractivity contribution in [3.8, 4) is 5.75 Å². The van der Waals surface area contributed by atoms with Crippen LogP contribution < -0.4 is 14.8 Å². The number of hydrogen-bond acceptors (Lipinski definition) is 4. The number of amides is 1. The number of rotatable bonds is 5. The Morgan fingerprint density at radius 3 is 2.45 bits per heavy atom. The Hall–Kier alpha value is -3.32. The molecule has 31 heavy (non-hydrogen) atoms. The average Bonchev–Trinajstić information content (AvgIpc) is 2.73. The van der Waals surface area contributed by atoms with Gasteiger partial charge in [0, 0.05) is 23.2 Å². The lowest BCUT2D eigenvalue weighted by Gasteiger charge is -2.37. The molecule has 3 aromatic rings. The zero-order chi connectivity index (χ0) is 22.1. The van der Waals surface area contributed by atoms with Crippen molar-refractivity contribution in [1.29, 1.82) is 0 Å². The van der Waals surface area contributed by atoms with Crippen molar-refractivity contribution < 1.29 is 17.9 Å². The van der Waals surface area contributed by atoms with Crippen LogP contribution in [-0.4, -0.2) is 19.9 Å². The van der Waals surface area contributed by atoms with Crippen LogP contribution in [0, 0.1) is 0 Å². The molecule has 0 radical (unpaired) electrons. The molecular formula is C24H24N2O4S. The Bertz CT molecular complexity index is 1210. The Labute approximate surface area is 182 Å². The SMILES string of the molecule is CC1(C)C[C@H](NC(=O)c2cccc(NS(=O)(=O)c3ccccc3)c2)c2ccccc2O1. The van der Waals surface area contributed by atoms with Crippen LogP contribution in [0.25, 0.3) is 0 Å². The van der Waals surface area contributed by atoms with Crippen LogP contribution in [0.4, 0.5) is 5.69 Å². The standard InChI is InChI=1S/C24H24N2O4S/c1-24(2)16-21(20-13-6-7-14-22(20)30-24)25-23(27)17-9-8-10-18(15-17)26-31(28,29)19-11-4-3-5-12-19/h3-15,21,26H,16H2,1-2H3,(H,25,27)/t21-/m0/s1. The third kappa shape index (κ3) is 4.72. The summed E-state index contributed by atoms with van der Waals surface area (Å²) in [6.07, 6.45) is 0.621. The summed E-state index contributed by atoms with van der Waals surface area (Å²) < 4.78 is 33.7. The number of para-hydroxylation sites is 1. The summed E-state index contributed by atoms with van der Waals surface area (Å²) in [4.78, 5) is 13.2. The van der Waals surface area contributed by atoms with E-state index in [1.165, 1.54) is 18.2 Å². The van der Waals surface area contributed by atoms with Crippen molar-refractivity contribution in [3.05, 3.63) is 90.0 Å². The van der Waals surface area contributed by atoms with Gasteiger partial charge in [0.25, 0.3) is 15.9 Å². The van der Waals surface area contributed by atoms with Crippen LogP contribution in [0.5, 0.6) is 5.75 Å². The van der Waals surface area contributed by atoms with Gasteiger partial charge < -0.3 is 10.1 Å². The molecule has 0 saturated carbocycles. The second kappa shape index (κ2) is 8.07. The smallest absolute Gasteiger partial charge is 0.261 e. The van der Waals surface area contributed by atoms with Gasteiger partial charge >= 0.3 is 0 Å². The molecule has 6 nitrogen and oxygen atoms in total. The van der Waals surface area contributed by atoms with Crippen molar-refractivity contribution in [1.82, 2.24) is 5.32 Å². The van der Waals surface area contributed by atoms with E-state index in [-0.39, 0.29) is 16.8 Å². The van der Waals surface area contributed by atoms with Gasteiger partial charge in [-0.05, 0) is 50.2 Å². The van der Waals surface area contributed by atoms with Gasteiger partial charge in [0.15, 0.2) is 0 Å². The number of carbonyl (C=O) groups excluding carboxylic acids is 1. The Balaban J connectivity index is 1.54. The number of ether oxygens (including phenoxy) is 1. The van der Waals surface area contributed by atoms with E-state index >= 15 is 0 Å². The predicted molar refractivity (Wildman–Crippen MR) is 120 cm³/mol. The first kappa shape index (κ1) is 20.9. The quantitative estimate of drug-likeness (QED) is 0.616. The molecule has 4 rings (SSSR count). The molecule has 7 heteroatoms. The summed E-state index contributed by atoms with van der Waals surface area (Å²) in [5.74, 6) is 0.478. The molecule has 2 N–H and O–H groups in total. The summed E-state index contributed by atoms with van der Waals surface area (Å²) in [6, 6.07) is 22.0. The van der Waals surface area contributed by atoms with Crippen LogP contribution in [-0.2, 0) is 10.0 Å². The molecule has 0 aliphatic carbocycles. The topological polar surface area (TPSA) is 84.5 Å². The zero-order valence-electron chi connectivity index (χ0n) is 17.3. The highest BCUT2D eigenvalue weighted by molar-refractivity contribution is 7.92. The first-order valence-corrected chi connectivity index (χ1v) is 11.5. The fourth-order valence-corrected chi connectivity index (χ4v) is 4.78. The molecular weight excluding hydrogens is 412 g/mol. The maximum absolute atomic E-state index is 13.0. The molecule has 0 saturated heterocycles. The van der Waals surface area contributed by atoms with Gasteiger partial charge in [0.05, 0.1) is 10.9 Å². The van der Waals surface area contributed by atoms with Gasteiger partial charge in [-0.15, -0.1) is 0 Å². The third-order valence-corrected chi connectivity index (χ3v) is 6.51. The maximum Gasteiger partial charge on any atom is 0.261 e. The average molecular weight is 437 g/mol. The zero-order valence-corrected chi connectivity index (χ0v) is 18.1. The van der Waals surface area contributed by atoms with Crippen molar-refractivity contribution in [3.63, 3.8) is 0 Å². The molecule has 1 heterocycles. The number of anilines is 1. The lowest BCUT2D eigenvalue weighted by Crippen LogP contribution is -2.41. The molecule has 0 aromatic heterocycles. The molecule has 0 fully saturated rings. The second-order valence-corrected chi connectivity index (χ2v) is 9.81. The predicted octanol–water partition coefficient (Wildman–Crippen LogP) is 4.52. The summed E-state index contributed by atoms with van der Waals surface area (Å²) in [6.45, 7) is 3.97. The number of carbonyl (C=O) groups is 1. The van der Waals surface area contributed by atoms with Crippen molar-refractivity contribution in [2.75, 3.05) is 4.72 Å². The molecule has 1 atom stereocenters. The second-order valence-electron chi connectivity index (χ2n) is 8.13. The largest absolute Gasteiger partial charge is 0.487 e. The van der Waals surface area contributed by atoms with Crippen molar-refractivity contribution in [2.45, 2.75) is 36.8 Å². The molecule has 160 valence electrons. The first-order valence-electron chi connectivity index (χ1n) is 10.0. The normalized spacial score (nSPS) is 17.2. The van der Waals surface area contributed by atoms with Gasteiger partial charge in [-0.25, -0.2) is 8.42 Å². The molecule has 0 unspecified atom stereocenters. The van der Waals surface area contributed by atoms with E-state index in [2.05, 4.69) is 10.0 Å². The van der Waals surface area contributed by atoms with Gasteiger partial charge in [-0.3, -0.25) is 9.52 Å². The fourth-order valence-electron chi connectivity index (χ4n) is 3.71. The Morgan fingerprint density at radius 2 is 1.68 bits per heavy atom. The minimum Gasteiger partial charge on any atom is -0.487 e. The molecule has 3 aromatic carbocycles. The van der Waals surface area contributed by atoms with Crippen LogP contribution in [0.2, 0.25) is 0 Å². The maximum atomic E-state index is 13.0. The van der Waals surface area contributed by atoms with E-state index in [0.717, 1.165) is 11.3 Å². The van der Waals surface area contributed by atoms with E-state index in [4.69, 9.17) is 4.74 Å². The highest BCUT2D eigenvalue weighted by atomic mass is 32.2. The summed E-state index contributed by atoms with van der Waals surface area (Å²) in [5, 5.41) is 3.07. The van der Waals surface area contributed by atoms with Crippen molar-refractivity contribution >= 4 is 21.6 Å². The molecule has 1 amide bonds. The number of benzene rings is 3. The minimum atomic E-state index is -3.74. The van der Waals surface area contributed by atoms with Crippen molar-refractivity contribution in [2.24, 2.45) is 0 Å². The number of hydrogen-bond donors (Lipinski definition) is 2. The first-order chi connectivity index (χ1) is 14.7. The molecule has 0 bridgehead atoms. The Morgan fingerprint density at radius 1 is 0.968 bits per heavy atom. The highest BCUT2D eigenvalue weighted by Crippen LogP contribution is 2.39. The number of nitrogens with one attached hydrogen (secondary N) is 2. The van der Waals surface area contributed by atoms with E-state index in [0.29, 0.717) is 17.7 Å². The van der Waals surface area contributed by atoms with Gasteiger partial charge in [-0.1, -0.05) is 42.5 Å². The van der Waals surface area contributed by atoms with Gasteiger partial charge in [-0.2, -0.15) is 0 Å². The van der Waals surface area contributed by atoms with Gasteiger partial charge in [0.1, 0.15) is 11.4 Å².